The summed E-state index contributed by atoms with van der Waals surface area (Å²) in [5.41, 5.74) is 2.08. The van der Waals surface area contributed by atoms with E-state index in [2.05, 4.69) is 41.8 Å². The Hall–Kier alpha value is -2.18. The van der Waals surface area contributed by atoms with E-state index >= 15 is 0 Å². The highest BCUT2D eigenvalue weighted by Crippen LogP contribution is 2.24. The molecule has 0 spiro atoms. The summed E-state index contributed by atoms with van der Waals surface area (Å²) in [6.45, 7) is 0. The zero-order chi connectivity index (χ0) is 16.5. The monoisotopic (exact) mass is 442 g/mol. The van der Waals surface area contributed by atoms with E-state index in [9.17, 15) is 0 Å². The van der Waals surface area contributed by atoms with Crippen LogP contribution in [0.1, 0.15) is 0 Å². The van der Waals surface area contributed by atoms with E-state index in [0.29, 0.717) is 0 Å². The molecule has 2 heterocycles. The van der Waals surface area contributed by atoms with E-state index in [1.807, 2.05) is 70.1 Å². The zero-order valence-electron chi connectivity index (χ0n) is 12.5. The highest BCUT2D eigenvalue weighted by Gasteiger charge is 2.14. The summed E-state index contributed by atoms with van der Waals surface area (Å²) in [6.07, 6.45) is 7.47. The second kappa shape index (κ2) is 6.37. The summed E-state index contributed by atoms with van der Waals surface area (Å²) < 4.78 is 6.16. The van der Waals surface area contributed by atoms with Crippen molar-refractivity contribution in [3.8, 4) is 23.0 Å². The summed E-state index contributed by atoms with van der Waals surface area (Å²) in [7, 11) is 0. The molecular formula is C18H12Br2N4. The normalized spacial score (nSPS) is 10.9. The van der Waals surface area contributed by atoms with Gasteiger partial charge in [-0.3, -0.25) is 9.13 Å². The van der Waals surface area contributed by atoms with Gasteiger partial charge >= 0.3 is 0 Å². The minimum absolute atomic E-state index is 0.797. The van der Waals surface area contributed by atoms with E-state index in [4.69, 9.17) is 0 Å². The van der Waals surface area contributed by atoms with E-state index in [0.717, 1.165) is 32.0 Å². The fourth-order valence-corrected chi connectivity index (χ4v) is 3.09. The first kappa shape index (κ1) is 15.4. The average Bonchev–Trinajstić information content (AvgIpc) is 3.25. The molecule has 0 aliphatic rings. The van der Waals surface area contributed by atoms with Crippen molar-refractivity contribution >= 4 is 31.9 Å². The quantitative estimate of drug-likeness (QED) is 0.433. The highest BCUT2D eigenvalue weighted by atomic mass is 79.9. The van der Waals surface area contributed by atoms with Gasteiger partial charge in [-0.1, -0.05) is 31.9 Å². The minimum Gasteiger partial charge on any atom is -0.297 e. The van der Waals surface area contributed by atoms with Crippen LogP contribution in [0.4, 0.5) is 0 Å². The number of hydrogen-bond donors (Lipinski definition) is 0. The summed E-state index contributed by atoms with van der Waals surface area (Å²) in [6, 6.07) is 16.2. The summed E-state index contributed by atoms with van der Waals surface area (Å²) in [4.78, 5) is 9.04. The zero-order valence-corrected chi connectivity index (χ0v) is 15.6. The summed E-state index contributed by atoms with van der Waals surface area (Å²) >= 11 is 6.94. The fourth-order valence-electron chi connectivity index (χ4n) is 2.56. The molecule has 0 saturated heterocycles. The van der Waals surface area contributed by atoms with Gasteiger partial charge in [0.25, 0.3) is 0 Å². The van der Waals surface area contributed by atoms with E-state index in [1.165, 1.54) is 0 Å². The van der Waals surface area contributed by atoms with Crippen LogP contribution in [0, 0.1) is 0 Å². The molecule has 0 unspecified atom stereocenters. The lowest BCUT2D eigenvalue weighted by Crippen LogP contribution is -2.02. The molecule has 0 radical (unpaired) electrons. The first-order chi connectivity index (χ1) is 11.7. The third-order valence-electron chi connectivity index (χ3n) is 3.69. The van der Waals surface area contributed by atoms with Gasteiger partial charge in [-0.15, -0.1) is 0 Å². The van der Waals surface area contributed by atoms with Crippen LogP contribution in [0.3, 0.4) is 0 Å². The van der Waals surface area contributed by atoms with Crippen LogP contribution in [-0.2, 0) is 0 Å². The second-order valence-electron chi connectivity index (χ2n) is 5.19. The predicted octanol–water partition coefficient (Wildman–Crippen LogP) is 5.25. The molecule has 6 heteroatoms. The third-order valence-corrected chi connectivity index (χ3v) is 4.75. The molecule has 0 fully saturated rings. The maximum Gasteiger partial charge on any atom is 0.181 e. The first-order valence-electron chi connectivity index (χ1n) is 7.31. The van der Waals surface area contributed by atoms with Crippen LogP contribution in [0.5, 0.6) is 0 Å². The Morgan fingerprint density at radius 2 is 0.958 bits per heavy atom. The van der Waals surface area contributed by atoms with Gasteiger partial charge in [-0.05, 0) is 48.5 Å². The third kappa shape index (κ3) is 2.83. The molecule has 0 aliphatic carbocycles. The predicted molar refractivity (Wildman–Crippen MR) is 102 cm³/mol. The maximum absolute atomic E-state index is 4.52. The van der Waals surface area contributed by atoms with Gasteiger partial charge in [0.1, 0.15) is 0 Å². The Bertz CT molecular complexity index is 887. The molecule has 0 saturated carbocycles. The molecule has 2 aromatic carbocycles. The van der Waals surface area contributed by atoms with Crippen LogP contribution >= 0.6 is 31.9 Å². The van der Waals surface area contributed by atoms with E-state index < -0.39 is 0 Å². The molecule has 0 aliphatic heterocycles. The topological polar surface area (TPSA) is 35.6 Å². The Morgan fingerprint density at radius 3 is 1.33 bits per heavy atom. The molecule has 4 aromatic rings. The van der Waals surface area contributed by atoms with Crippen molar-refractivity contribution in [1.29, 1.82) is 0 Å². The number of halogens is 2. The van der Waals surface area contributed by atoms with Crippen LogP contribution in [0.25, 0.3) is 23.0 Å². The van der Waals surface area contributed by atoms with Gasteiger partial charge in [0, 0.05) is 45.1 Å². The van der Waals surface area contributed by atoms with E-state index in [-0.39, 0.29) is 0 Å². The lowest BCUT2D eigenvalue weighted by molar-refractivity contribution is 0.987. The van der Waals surface area contributed by atoms with Crippen molar-refractivity contribution in [2.24, 2.45) is 0 Å². The SMILES string of the molecule is Brc1ccc(-n2ccnc2-c2nccn2-c2ccc(Br)cc2)cc1. The van der Waals surface area contributed by atoms with Crippen molar-refractivity contribution in [2.75, 3.05) is 0 Å². The van der Waals surface area contributed by atoms with Crippen LogP contribution in [0.2, 0.25) is 0 Å². The average molecular weight is 444 g/mol. The largest absolute Gasteiger partial charge is 0.297 e. The summed E-state index contributed by atoms with van der Waals surface area (Å²) in [5.74, 6) is 1.59. The van der Waals surface area contributed by atoms with Crippen molar-refractivity contribution in [3.63, 3.8) is 0 Å². The number of imidazole rings is 2. The Labute approximate surface area is 156 Å². The van der Waals surface area contributed by atoms with Gasteiger partial charge in [0.2, 0.25) is 0 Å². The minimum atomic E-state index is 0.797. The number of hydrogen-bond acceptors (Lipinski definition) is 2. The Morgan fingerprint density at radius 1 is 0.583 bits per heavy atom. The van der Waals surface area contributed by atoms with Crippen LogP contribution in [-0.4, -0.2) is 19.1 Å². The van der Waals surface area contributed by atoms with Crippen molar-refractivity contribution in [1.82, 2.24) is 19.1 Å². The van der Waals surface area contributed by atoms with Crippen molar-refractivity contribution < 1.29 is 0 Å². The molecular weight excluding hydrogens is 432 g/mol. The number of benzene rings is 2. The summed E-state index contributed by atoms with van der Waals surface area (Å²) in [5, 5.41) is 0. The molecule has 4 rings (SSSR count). The van der Waals surface area contributed by atoms with Gasteiger partial charge in [0.05, 0.1) is 0 Å². The molecule has 4 nitrogen and oxygen atoms in total. The Kier molecular flexibility index (Phi) is 4.08. The van der Waals surface area contributed by atoms with E-state index in [1.54, 1.807) is 12.4 Å². The number of rotatable bonds is 3. The number of aromatic nitrogens is 4. The number of nitrogens with zero attached hydrogens (tertiary/aromatic N) is 4. The van der Waals surface area contributed by atoms with Crippen molar-refractivity contribution in [3.05, 3.63) is 82.3 Å². The van der Waals surface area contributed by atoms with Crippen LogP contribution < -0.4 is 0 Å². The second-order valence-corrected chi connectivity index (χ2v) is 7.03. The molecule has 118 valence electrons. The molecule has 2 aromatic heterocycles. The standard InChI is InChI=1S/C18H12Br2N4/c19-13-1-5-15(6-2-13)23-11-9-21-17(23)18-22-10-12-24(18)16-7-3-14(20)4-8-16/h1-12H. The van der Waals surface area contributed by atoms with Gasteiger partial charge < -0.3 is 0 Å². The van der Waals surface area contributed by atoms with Crippen molar-refractivity contribution in [2.45, 2.75) is 0 Å². The molecule has 0 bridgehead atoms. The lowest BCUT2D eigenvalue weighted by atomic mass is 10.3. The molecule has 0 amide bonds. The Balaban J connectivity index is 1.82. The first-order valence-corrected chi connectivity index (χ1v) is 8.90. The van der Waals surface area contributed by atoms with Crippen LogP contribution in [0.15, 0.2) is 82.3 Å². The maximum atomic E-state index is 4.52. The highest BCUT2D eigenvalue weighted by molar-refractivity contribution is 9.10. The lowest BCUT2D eigenvalue weighted by Gasteiger charge is -2.10. The molecule has 0 atom stereocenters. The molecule has 0 N–H and O–H groups in total. The fraction of sp³-hybridized carbons (Fsp3) is 0. The smallest absolute Gasteiger partial charge is 0.181 e. The van der Waals surface area contributed by atoms with Gasteiger partial charge in [-0.25, -0.2) is 9.97 Å². The van der Waals surface area contributed by atoms with Gasteiger partial charge in [0.15, 0.2) is 11.6 Å². The van der Waals surface area contributed by atoms with Gasteiger partial charge in [-0.2, -0.15) is 0 Å². The molecule has 24 heavy (non-hydrogen) atoms.